The van der Waals surface area contributed by atoms with Crippen LogP contribution in [0.15, 0.2) is 54.6 Å². The van der Waals surface area contributed by atoms with Crippen molar-refractivity contribution in [3.05, 3.63) is 65.7 Å². The van der Waals surface area contributed by atoms with Crippen molar-refractivity contribution in [3.8, 4) is 0 Å². The second-order valence-corrected chi connectivity index (χ2v) is 8.85. The normalized spacial score (nSPS) is 15.9. The molecule has 3 atom stereocenters. The van der Waals surface area contributed by atoms with E-state index in [-0.39, 0.29) is 42.6 Å². The summed E-state index contributed by atoms with van der Waals surface area (Å²) in [5.74, 6) is -0.404. The molecule has 5 N–H and O–H groups in total. The van der Waals surface area contributed by atoms with Crippen molar-refractivity contribution in [2.75, 3.05) is 5.32 Å². The number of halogens is 1. The lowest BCUT2D eigenvalue weighted by Gasteiger charge is -2.22. The Kier molecular flexibility index (Phi) is 9.69. The molecule has 0 aromatic heterocycles. The molecule has 2 unspecified atom stereocenters. The summed E-state index contributed by atoms with van der Waals surface area (Å²) in [5, 5.41) is 16.3. The molecule has 6 nitrogen and oxygen atoms in total. The van der Waals surface area contributed by atoms with Crippen LogP contribution in [0.1, 0.15) is 56.6 Å². The van der Waals surface area contributed by atoms with Crippen LogP contribution in [-0.2, 0) is 9.59 Å². The van der Waals surface area contributed by atoms with E-state index in [2.05, 4.69) is 10.6 Å². The maximum Gasteiger partial charge on any atom is 0.249 e. The third kappa shape index (κ3) is 7.62. The van der Waals surface area contributed by atoms with E-state index in [9.17, 15) is 14.7 Å². The highest BCUT2D eigenvalue weighted by Gasteiger charge is 2.29. The van der Waals surface area contributed by atoms with Crippen molar-refractivity contribution in [1.29, 1.82) is 0 Å². The van der Waals surface area contributed by atoms with Gasteiger partial charge in [0, 0.05) is 17.6 Å². The largest absolute Gasteiger partial charge is 0.383 e. The number of anilines is 1. The molecule has 3 rings (SSSR count). The standard InChI is InChI=1S/C25H33N3O3.ClH/c1-16(2)13-22(26)24(30)28-20-10-6-9-18(14-20)21(17-7-4-3-5-8-17)15-23(29)25(31)27-19-11-12-19;/h3-10,14,16,19,21-23,29H,11-13,15,26H2,1-2H3,(H,27,31)(H,28,30);1H/t21?,22-,23?;/m0./s1. The first kappa shape index (κ1) is 25.8. The molecule has 1 fully saturated rings. The van der Waals surface area contributed by atoms with Gasteiger partial charge in [0.05, 0.1) is 6.04 Å². The van der Waals surface area contributed by atoms with Gasteiger partial charge in [-0.25, -0.2) is 0 Å². The van der Waals surface area contributed by atoms with Crippen LogP contribution >= 0.6 is 12.4 Å². The van der Waals surface area contributed by atoms with Gasteiger partial charge in [0.25, 0.3) is 0 Å². The van der Waals surface area contributed by atoms with E-state index in [1.54, 1.807) is 0 Å². The van der Waals surface area contributed by atoms with Crippen LogP contribution in [0.2, 0.25) is 0 Å². The average Bonchev–Trinajstić information content (AvgIpc) is 3.56. The predicted octanol–water partition coefficient (Wildman–Crippen LogP) is 3.58. The molecule has 7 heteroatoms. The van der Waals surface area contributed by atoms with Crippen molar-refractivity contribution >= 4 is 29.9 Å². The first-order valence-electron chi connectivity index (χ1n) is 11.0. The molecule has 2 aromatic carbocycles. The molecule has 32 heavy (non-hydrogen) atoms. The van der Waals surface area contributed by atoms with Crippen LogP contribution in [0, 0.1) is 5.92 Å². The number of amides is 2. The number of nitrogens with two attached hydrogens (primary N) is 1. The number of carbonyl (C=O) groups excluding carboxylic acids is 2. The molecule has 2 aromatic rings. The Balaban J connectivity index is 0.00000363. The number of nitrogens with one attached hydrogen (secondary N) is 2. The van der Waals surface area contributed by atoms with Crippen molar-refractivity contribution in [2.45, 2.75) is 63.6 Å². The molecule has 0 radical (unpaired) electrons. The lowest BCUT2D eigenvalue weighted by atomic mass is 9.86. The van der Waals surface area contributed by atoms with Crippen molar-refractivity contribution < 1.29 is 14.7 Å². The average molecular weight is 460 g/mol. The summed E-state index contributed by atoms with van der Waals surface area (Å²) >= 11 is 0. The van der Waals surface area contributed by atoms with Crippen LogP contribution in [0.5, 0.6) is 0 Å². The summed E-state index contributed by atoms with van der Waals surface area (Å²) in [6.45, 7) is 4.06. The Morgan fingerprint density at radius 3 is 2.28 bits per heavy atom. The fourth-order valence-electron chi connectivity index (χ4n) is 3.69. The topological polar surface area (TPSA) is 104 Å². The molecule has 2 amide bonds. The van der Waals surface area contributed by atoms with Gasteiger partial charge in [-0.15, -0.1) is 12.4 Å². The monoisotopic (exact) mass is 459 g/mol. The van der Waals surface area contributed by atoms with E-state index in [1.165, 1.54) is 0 Å². The highest BCUT2D eigenvalue weighted by molar-refractivity contribution is 5.94. The zero-order valence-corrected chi connectivity index (χ0v) is 19.5. The molecule has 0 spiro atoms. The van der Waals surface area contributed by atoms with E-state index in [0.717, 1.165) is 24.0 Å². The van der Waals surface area contributed by atoms with Crippen LogP contribution in [0.25, 0.3) is 0 Å². The first-order chi connectivity index (χ1) is 14.8. The number of aliphatic hydroxyl groups is 1. The number of benzene rings is 2. The molecule has 0 aliphatic heterocycles. The van der Waals surface area contributed by atoms with Gasteiger partial charge in [0.2, 0.25) is 11.8 Å². The first-order valence-corrected chi connectivity index (χ1v) is 11.0. The summed E-state index contributed by atoms with van der Waals surface area (Å²) in [6.07, 6.45) is 1.71. The highest BCUT2D eigenvalue weighted by Crippen LogP contribution is 2.31. The van der Waals surface area contributed by atoms with Crippen molar-refractivity contribution in [3.63, 3.8) is 0 Å². The van der Waals surface area contributed by atoms with E-state index < -0.39 is 12.1 Å². The van der Waals surface area contributed by atoms with Gasteiger partial charge in [-0.1, -0.05) is 56.3 Å². The zero-order valence-electron chi connectivity index (χ0n) is 18.7. The number of rotatable bonds is 10. The van der Waals surface area contributed by atoms with Gasteiger partial charge in [-0.2, -0.15) is 0 Å². The third-order valence-corrected chi connectivity index (χ3v) is 5.51. The van der Waals surface area contributed by atoms with Gasteiger partial charge >= 0.3 is 0 Å². The molecule has 1 aliphatic carbocycles. The van der Waals surface area contributed by atoms with Crippen LogP contribution in [0.3, 0.4) is 0 Å². The zero-order chi connectivity index (χ0) is 22.4. The quantitative estimate of drug-likeness (QED) is 0.435. The maximum absolute atomic E-state index is 12.4. The van der Waals surface area contributed by atoms with Crippen molar-refractivity contribution in [1.82, 2.24) is 5.32 Å². The smallest absolute Gasteiger partial charge is 0.249 e. The molecule has 0 bridgehead atoms. The number of aliphatic hydroxyl groups excluding tert-OH is 1. The minimum absolute atomic E-state index is 0. The summed E-state index contributed by atoms with van der Waals surface area (Å²) < 4.78 is 0. The molecular weight excluding hydrogens is 426 g/mol. The number of hydrogen-bond donors (Lipinski definition) is 4. The van der Waals surface area contributed by atoms with Crippen LogP contribution in [-0.4, -0.2) is 35.1 Å². The molecule has 0 heterocycles. The summed E-state index contributed by atoms with van der Waals surface area (Å²) in [7, 11) is 0. The Morgan fingerprint density at radius 1 is 1.00 bits per heavy atom. The Hall–Kier alpha value is -2.41. The number of hydrogen-bond acceptors (Lipinski definition) is 4. The van der Waals surface area contributed by atoms with E-state index in [1.807, 2.05) is 68.4 Å². The third-order valence-electron chi connectivity index (χ3n) is 5.51. The van der Waals surface area contributed by atoms with E-state index >= 15 is 0 Å². The summed E-state index contributed by atoms with van der Waals surface area (Å²) in [4.78, 5) is 24.8. The maximum atomic E-state index is 12.4. The second kappa shape index (κ2) is 12.0. The van der Waals surface area contributed by atoms with Crippen LogP contribution < -0.4 is 16.4 Å². The minimum Gasteiger partial charge on any atom is -0.383 e. The Bertz CT molecular complexity index is 887. The van der Waals surface area contributed by atoms with Gasteiger partial charge in [-0.05, 0) is 54.9 Å². The molecule has 174 valence electrons. The van der Waals surface area contributed by atoms with Gasteiger partial charge in [0.15, 0.2) is 0 Å². The molecule has 1 aliphatic rings. The summed E-state index contributed by atoms with van der Waals surface area (Å²) in [6, 6.07) is 16.9. The van der Waals surface area contributed by atoms with Crippen LogP contribution in [0.4, 0.5) is 5.69 Å². The fraction of sp³-hybridized carbons (Fsp3) is 0.440. The van der Waals surface area contributed by atoms with Gasteiger partial charge < -0.3 is 21.5 Å². The fourth-order valence-corrected chi connectivity index (χ4v) is 3.69. The second-order valence-electron chi connectivity index (χ2n) is 8.85. The number of carbonyl (C=O) groups is 2. The Morgan fingerprint density at radius 2 is 1.66 bits per heavy atom. The highest BCUT2D eigenvalue weighted by atomic mass is 35.5. The lowest BCUT2D eigenvalue weighted by Crippen LogP contribution is -2.37. The van der Waals surface area contributed by atoms with Gasteiger partial charge in [0.1, 0.15) is 6.10 Å². The lowest BCUT2D eigenvalue weighted by molar-refractivity contribution is -0.129. The van der Waals surface area contributed by atoms with Gasteiger partial charge in [-0.3, -0.25) is 9.59 Å². The van der Waals surface area contributed by atoms with E-state index in [4.69, 9.17) is 5.73 Å². The van der Waals surface area contributed by atoms with Crippen molar-refractivity contribution in [2.24, 2.45) is 11.7 Å². The molecule has 0 saturated heterocycles. The van der Waals surface area contributed by atoms with E-state index in [0.29, 0.717) is 18.0 Å². The Labute approximate surface area is 196 Å². The SMILES string of the molecule is CC(C)C[C@H](N)C(=O)Nc1cccc(C(CC(O)C(=O)NC2CC2)c2ccccc2)c1.Cl. The summed E-state index contributed by atoms with van der Waals surface area (Å²) in [5.41, 5.74) is 8.58. The molecular formula is C25H34ClN3O3. The minimum atomic E-state index is -1.11. The predicted molar refractivity (Wildman–Crippen MR) is 130 cm³/mol. The molecule has 1 saturated carbocycles.